The molecular weight excluding hydrogens is 448 g/mol. The molecule has 0 bridgehead atoms. The maximum absolute atomic E-state index is 13.1. The van der Waals surface area contributed by atoms with Crippen LogP contribution in [0.4, 0.5) is 5.82 Å². The highest BCUT2D eigenvalue weighted by Gasteiger charge is 2.23. The summed E-state index contributed by atoms with van der Waals surface area (Å²) in [5.74, 6) is -0.170. The molecule has 1 unspecified atom stereocenters. The van der Waals surface area contributed by atoms with Crippen LogP contribution >= 0.6 is 22.7 Å². The zero-order valence-corrected chi connectivity index (χ0v) is 19.1. The van der Waals surface area contributed by atoms with Gasteiger partial charge in [-0.1, -0.05) is 19.9 Å². The van der Waals surface area contributed by atoms with E-state index < -0.39 is 11.9 Å². The van der Waals surface area contributed by atoms with Crippen molar-refractivity contribution in [3.8, 4) is 10.4 Å². The molecule has 32 heavy (non-hydrogen) atoms. The van der Waals surface area contributed by atoms with E-state index in [2.05, 4.69) is 25.8 Å². The number of thiophene rings is 2. The minimum atomic E-state index is -0.749. The minimum absolute atomic E-state index is 0.174. The highest BCUT2D eigenvalue weighted by molar-refractivity contribution is 7.18. The second-order valence-electron chi connectivity index (χ2n) is 7.69. The molecule has 0 radical (unpaired) electrons. The molecule has 0 aromatic carbocycles. The normalized spacial score (nSPS) is 12.2. The molecule has 4 aromatic heterocycles. The van der Waals surface area contributed by atoms with Gasteiger partial charge in [0, 0.05) is 21.9 Å². The van der Waals surface area contributed by atoms with Crippen molar-refractivity contribution in [1.29, 1.82) is 0 Å². The fourth-order valence-electron chi connectivity index (χ4n) is 3.34. The Labute approximate surface area is 191 Å². The predicted octanol–water partition coefficient (Wildman–Crippen LogP) is 3.08. The van der Waals surface area contributed by atoms with Gasteiger partial charge in [0.2, 0.25) is 11.8 Å². The zero-order valence-electron chi connectivity index (χ0n) is 17.5. The average molecular weight is 471 g/mol. The van der Waals surface area contributed by atoms with Crippen molar-refractivity contribution < 1.29 is 9.59 Å². The lowest BCUT2D eigenvalue weighted by Gasteiger charge is -2.20. The maximum Gasteiger partial charge on any atom is 0.263 e. The third-order valence-corrected chi connectivity index (χ3v) is 6.57. The van der Waals surface area contributed by atoms with Crippen molar-refractivity contribution in [3.63, 3.8) is 0 Å². The molecule has 1 atom stereocenters. The minimum Gasteiger partial charge on any atom is -0.343 e. The van der Waals surface area contributed by atoms with Crippen LogP contribution in [-0.2, 0) is 16.1 Å². The number of hydrogen-bond acceptors (Lipinski definition) is 7. The number of aromatic nitrogens is 4. The topological polar surface area (TPSA) is 122 Å². The molecule has 3 N–H and O–H groups in total. The lowest BCUT2D eigenvalue weighted by Crippen LogP contribution is -2.46. The molecule has 166 valence electrons. The zero-order chi connectivity index (χ0) is 22.7. The molecule has 2 amide bonds. The molecule has 11 heteroatoms. The van der Waals surface area contributed by atoms with Crippen LogP contribution in [0.2, 0.25) is 0 Å². The van der Waals surface area contributed by atoms with Crippen LogP contribution in [0.15, 0.2) is 46.3 Å². The van der Waals surface area contributed by atoms with Crippen LogP contribution in [0.3, 0.4) is 0 Å². The van der Waals surface area contributed by atoms with Crippen LogP contribution in [0, 0.1) is 5.92 Å². The lowest BCUT2D eigenvalue weighted by molar-refractivity contribution is -0.127. The molecule has 0 aliphatic carbocycles. The van der Waals surface area contributed by atoms with E-state index in [9.17, 15) is 14.4 Å². The molecule has 0 saturated carbocycles. The van der Waals surface area contributed by atoms with Crippen molar-refractivity contribution in [2.24, 2.45) is 5.92 Å². The third kappa shape index (κ3) is 4.78. The summed E-state index contributed by atoms with van der Waals surface area (Å²) >= 11 is 2.94. The van der Waals surface area contributed by atoms with E-state index in [4.69, 9.17) is 0 Å². The number of anilines is 1. The molecule has 9 nitrogen and oxygen atoms in total. The molecule has 4 rings (SSSR count). The Kier molecular flexibility index (Phi) is 6.47. The summed E-state index contributed by atoms with van der Waals surface area (Å²) in [6.45, 7) is 3.70. The van der Waals surface area contributed by atoms with Crippen LogP contribution in [0.1, 0.15) is 20.3 Å². The number of carbonyl (C=O) groups excluding carboxylic acids is 2. The molecular formula is C21H22N6O3S2. The number of fused-ring (bicyclic) bond motifs is 1. The summed E-state index contributed by atoms with van der Waals surface area (Å²) < 4.78 is 1.28. The first kappa shape index (κ1) is 21.9. The van der Waals surface area contributed by atoms with Gasteiger partial charge in [-0.05, 0) is 23.8 Å². The number of H-pyrrole nitrogens is 1. The Morgan fingerprint density at radius 3 is 2.78 bits per heavy atom. The van der Waals surface area contributed by atoms with Crippen LogP contribution in [-0.4, -0.2) is 37.6 Å². The van der Waals surface area contributed by atoms with Gasteiger partial charge in [0.15, 0.2) is 0 Å². The van der Waals surface area contributed by atoms with E-state index in [1.165, 1.54) is 28.4 Å². The van der Waals surface area contributed by atoms with Gasteiger partial charge in [-0.15, -0.1) is 22.7 Å². The van der Waals surface area contributed by atoms with Crippen LogP contribution < -0.4 is 16.2 Å². The highest BCUT2D eigenvalue weighted by atomic mass is 32.1. The number of rotatable bonds is 8. The van der Waals surface area contributed by atoms with Gasteiger partial charge in [-0.25, -0.2) is 4.98 Å². The predicted molar refractivity (Wildman–Crippen MR) is 126 cm³/mol. The summed E-state index contributed by atoms with van der Waals surface area (Å²) in [6.07, 6.45) is 3.35. The van der Waals surface area contributed by atoms with Crippen LogP contribution in [0.5, 0.6) is 0 Å². The Morgan fingerprint density at radius 1 is 1.25 bits per heavy atom. The van der Waals surface area contributed by atoms with E-state index in [-0.39, 0.29) is 23.9 Å². The summed E-state index contributed by atoms with van der Waals surface area (Å²) in [4.78, 5) is 44.5. The van der Waals surface area contributed by atoms with Crippen molar-refractivity contribution in [2.75, 3.05) is 5.32 Å². The first-order valence-electron chi connectivity index (χ1n) is 10.0. The highest BCUT2D eigenvalue weighted by Crippen LogP contribution is 2.33. The molecule has 4 heterocycles. The van der Waals surface area contributed by atoms with Gasteiger partial charge >= 0.3 is 0 Å². The van der Waals surface area contributed by atoms with Crippen LogP contribution in [0.25, 0.3) is 20.7 Å². The average Bonchev–Trinajstić information content (AvgIpc) is 3.50. The summed E-state index contributed by atoms with van der Waals surface area (Å²) in [7, 11) is 0. The molecule has 0 aliphatic rings. The lowest BCUT2D eigenvalue weighted by atomic mass is 10.0. The van der Waals surface area contributed by atoms with E-state index in [1.807, 2.05) is 36.7 Å². The maximum atomic E-state index is 13.1. The van der Waals surface area contributed by atoms with Gasteiger partial charge < -0.3 is 10.6 Å². The van der Waals surface area contributed by atoms with Gasteiger partial charge in [0.05, 0.1) is 17.9 Å². The number of amides is 2. The number of nitrogens with one attached hydrogen (secondary N) is 3. The van der Waals surface area contributed by atoms with Gasteiger partial charge in [0.1, 0.15) is 23.2 Å². The molecule has 0 saturated heterocycles. The van der Waals surface area contributed by atoms with E-state index in [1.54, 1.807) is 17.4 Å². The van der Waals surface area contributed by atoms with Crippen molar-refractivity contribution in [2.45, 2.75) is 32.9 Å². The van der Waals surface area contributed by atoms with Crippen molar-refractivity contribution in [1.82, 2.24) is 25.1 Å². The molecule has 0 fully saturated rings. The van der Waals surface area contributed by atoms with Crippen molar-refractivity contribution >= 4 is 50.5 Å². The number of nitrogens with zero attached hydrogens (tertiary/aromatic N) is 3. The Balaban J connectivity index is 1.53. The number of hydrogen-bond donors (Lipinski definition) is 3. The Bertz CT molecular complexity index is 1270. The number of aromatic amines is 1. The summed E-state index contributed by atoms with van der Waals surface area (Å²) in [5, 5.41) is 16.3. The fraction of sp³-hybridized carbons (Fsp3) is 0.286. The van der Waals surface area contributed by atoms with Gasteiger partial charge in [-0.2, -0.15) is 5.10 Å². The van der Waals surface area contributed by atoms with E-state index in [0.29, 0.717) is 22.5 Å². The van der Waals surface area contributed by atoms with Crippen molar-refractivity contribution in [3.05, 3.63) is 51.8 Å². The van der Waals surface area contributed by atoms with Gasteiger partial charge in [-0.3, -0.25) is 24.0 Å². The smallest absolute Gasteiger partial charge is 0.263 e. The summed E-state index contributed by atoms with van der Waals surface area (Å²) in [5.41, 5.74) is 0.543. The monoisotopic (exact) mass is 470 g/mol. The molecule has 0 spiro atoms. The first-order chi connectivity index (χ1) is 15.4. The fourth-order valence-corrected chi connectivity index (χ4v) is 5.06. The quantitative estimate of drug-likeness (QED) is 0.365. The first-order valence-corrected chi connectivity index (χ1v) is 11.8. The summed E-state index contributed by atoms with van der Waals surface area (Å²) in [6, 6.07) is 4.75. The second kappa shape index (κ2) is 9.45. The van der Waals surface area contributed by atoms with E-state index >= 15 is 0 Å². The van der Waals surface area contributed by atoms with E-state index in [0.717, 1.165) is 10.4 Å². The third-order valence-electron chi connectivity index (χ3n) is 4.78. The number of carbonyl (C=O) groups is 2. The Hall–Kier alpha value is -3.31. The van der Waals surface area contributed by atoms with Gasteiger partial charge in [0.25, 0.3) is 5.56 Å². The largest absolute Gasteiger partial charge is 0.343 e. The molecule has 4 aromatic rings. The second-order valence-corrected chi connectivity index (χ2v) is 9.50. The molecule has 0 aliphatic heterocycles. The standard InChI is InChI=1S/C21H22N6O3S2/c1-12(2)8-14(19(29)25-16-5-6-23-26-16)24-17(28)9-27-11-22-20-18(21(27)30)13(10-32-20)15-4-3-7-31-15/h3-7,10-12,14H,8-9H2,1-2H3,(H,24,28)(H2,23,25,26,29). The Morgan fingerprint density at radius 2 is 2.09 bits per heavy atom. The SMILES string of the molecule is CC(C)CC(NC(=O)Cn1cnc2scc(-c3cccs3)c2c1=O)C(=O)Nc1ccn[nH]1.